The molecule has 0 aliphatic carbocycles. The van der Waals surface area contributed by atoms with Gasteiger partial charge in [0, 0.05) is 31.1 Å². The van der Waals surface area contributed by atoms with Crippen molar-refractivity contribution in [3.8, 4) is 0 Å². The lowest BCUT2D eigenvalue weighted by molar-refractivity contribution is -0.131. The van der Waals surface area contributed by atoms with Crippen LogP contribution >= 0.6 is 0 Å². The Bertz CT molecular complexity index is 610. The normalized spacial score (nSPS) is 10.7. The van der Waals surface area contributed by atoms with Crippen LogP contribution in [0.15, 0.2) is 18.6 Å². The number of fused-ring (bicyclic) bond motifs is 1. The number of aromatic nitrogens is 3. The Kier molecular flexibility index (Phi) is 5.02. The summed E-state index contributed by atoms with van der Waals surface area (Å²) in [5, 5.41) is 9.31. The highest BCUT2D eigenvalue weighted by molar-refractivity contribution is 5.92. The number of carboxylic acid groups (broad SMARTS) is 1. The van der Waals surface area contributed by atoms with Crippen molar-refractivity contribution in [2.75, 3.05) is 7.05 Å². The van der Waals surface area contributed by atoms with Crippen molar-refractivity contribution >= 4 is 22.9 Å². The highest BCUT2D eigenvalue weighted by atomic mass is 16.4. The van der Waals surface area contributed by atoms with E-state index in [1.165, 1.54) is 12.4 Å². The van der Waals surface area contributed by atoms with Crippen LogP contribution in [0.25, 0.3) is 11.0 Å². The first-order valence-electron chi connectivity index (χ1n) is 6.39. The number of H-pyrrole nitrogens is 1. The monoisotopic (exact) mass is 292 g/mol. The first-order chi connectivity index (χ1) is 9.62. The minimum absolute atomic E-state index is 0.0359. The molecule has 114 valence electrons. The third-order valence-electron chi connectivity index (χ3n) is 3.00. The Morgan fingerprint density at radius 2 is 1.95 bits per heavy atom. The minimum Gasteiger partial charge on any atom is -0.477 e. The van der Waals surface area contributed by atoms with E-state index in [1.54, 1.807) is 18.0 Å². The maximum atomic E-state index is 10.7. The van der Waals surface area contributed by atoms with Crippen LogP contribution in [0.5, 0.6) is 0 Å². The molecule has 7 heteroatoms. The zero-order valence-electron chi connectivity index (χ0n) is 12.8. The van der Waals surface area contributed by atoms with Gasteiger partial charge in [-0.25, -0.2) is 14.8 Å². The number of hydrogen-bond acceptors (Lipinski definition) is 4. The van der Waals surface area contributed by atoms with E-state index < -0.39 is 5.97 Å². The van der Waals surface area contributed by atoms with Gasteiger partial charge in [0.2, 0.25) is 5.91 Å². The first kappa shape index (κ1) is 16.6. The molecule has 0 saturated heterocycles. The van der Waals surface area contributed by atoms with Gasteiger partial charge in [-0.1, -0.05) is 0 Å². The first-order valence-corrected chi connectivity index (χ1v) is 6.39. The van der Waals surface area contributed by atoms with Crippen molar-refractivity contribution in [3.05, 3.63) is 24.3 Å². The molecular weight excluding hydrogens is 272 g/mol. The zero-order valence-corrected chi connectivity index (χ0v) is 12.8. The van der Waals surface area contributed by atoms with Gasteiger partial charge in [-0.15, -0.1) is 0 Å². The van der Waals surface area contributed by atoms with Gasteiger partial charge in [0.05, 0.1) is 0 Å². The summed E-state index contributed by atoms with van der Waals surface area (Å²) in [7, 11) is 1.81. The molecule has 2 aromatic heterocycles. The summed E-state index contributed by atoms with van der Waals surface area (Å²) in [5.41, 5.74) is 0.638. The molecule has 7 nitrogen and oxygen atoms in total. The predicted molar refractivity (Wildman–Crippen MR) is 79.0 cm³/mol. The van der Waals surface area contributed by atoms with Gasteiger partial charge in [-0.3, -0.25) is 4.79 Å². The number of amides is 1. The third-order valence-corrected chi connectivity index (χ3v) is 3.00. The van der Waals surface area contributed by atoms with Crippen LogP contribution in [0.4, 0.5) is 0 Å². The smallest absolute Gasteiger partial charge is 0.352 e. The molecule has 0 unspecified atom stereocenters. The minimum atomic E-state index is -0.993. The summed E-state index contributed by atoms with van der Waals surface area (Å²) in [6.45, 7) is 7.60. The predicted octanol–water partition coefficient (Wildman–Crippen LogP) is 1.92. The van der Waals surface area contributed by atoms with Crippen molar-refractivity contribution in [3.63, 3.8) is 0 Å². The van der Waals surface area contributed by atoms with E-state index in [9.17, 15) is 9.59 Å². The molecule has 0 atom stereocenters. The molecule has 2 heterocycles. The number of carboxylic acids is 1. The topological polar surface area (TPSA) is 99.2 Å². The van der Waals surface area contributed by atoms with E-state index in [0.29, 0.717) is 11.0 Å². The van der Waals surface area contributed by atoms with Crippen molar-refractivity contribution in [1.29, 1.82) is 0 Å². The lowest BCUT2D eigenvalue weighted by atomic mass is 10.1. The van der Waals surface area contributed by atoms with Crippen LogP contribution in [-0.4, -0.2) is 49.4 Å². The number of hydrogen-bond donors (Lipinski definition) is 2. The van der Waals surface area contributed by atoms with Crippen LogP contribution in [0.1, 0.15) is 38.2 Å². The Hall–Kier alpha value is -2.44. The number of aromatic carboxylic acids is 1. The van der Waals surface area contributed by atoms with Gasteiger partial charge < -0.3 is 15.0 Å². The molecule has 0 spiro atoms. The lowest BCUT2D eigenvalue weighted by Crippen LogP contribution is -2.41. The molecule has 2 aromatic rings. The number of aromatic amines is 1. The fourth-order valence-electron chi connectivity index (χ4n) is 1.46. The molecule has 0 aliphatic heterocycles. The van der Waals surface area contributed by atoms with Crippen molar-refractivity contribution in [2.24, 2.45) is 0 Å². The molecule has 2 rings (SSSR count). The summed E-state index contributed by atoms with van der Waals surface area (Å²) >= 11 is 0. The molecule has 0 aromatic carbocycles. The van der Waals surface area contributed by atoms with Crippen molar-refractivity contribution < 1.29 is 14.7 Å². The Morgan fingerprint density at radius 3 is 2.33 bits per heavy atom. The number of carbonyl (C=O) groups is 2. The second-order valence-electron chi connectivity index (χ2n) is 5.56. The number of rotatable bonds is 1. The van der Waals surface area contributed by atoms with E-state index >= 15 is 0 Å². The van der Waals surface area contributed by atoms with Crippen LogP contribution < -0.4 is 0 Å². The number of nitrogens with zero attached hydrogens (tertiary/aromatic N) is 3. The third kappa shape index (κ3) is 4.55. The average Bonchev–Trinajstić information content (AvgIpc) is 2.81. The fourth-order valence-corrected chi connectivity index (χ4v) is 1.46. The van der Waals surface area contributed by atoms with Crippen molar-refractivity contribution in [1.82, 2.24) is 19.9 Å². The van der Waals surface area contributed by atoms with Crippen LogP contribution in [0, 0.1) is 0 Å². The highest BCUT2D eigenvalue weighted by Crippen LogP contribution is 2.10. The standard InChI is InChI=1S/C7H5N3O2.C7H15NO/c11-7(12)5-1-4-2-8-3-9-6(4)10-5;1-6(9)8(5)7(2,3)4/h1-3H,(H,11,12)(H,8,9,10);1-5H3. The van der Waals surface area contributed by atoms with Gasteiger partial charge in [0.25, 0.3) is 0 Å². The van der Waals surface area contributed by atoms with Crippen LogP contribution in [0.2, 0.25) is 0 Å². The average molecular weight is 292 g/mol. The Labute approximate surface area is 123 Å². The van der Waals surface area contributed by atoms with Crippen LogP contribution in [-0.2, 0) is 4.79 Å². The molecule has 0 bridgehead atoms. The second-order valence-corrected chi connectivity index (χ2v) is 5.56. The maximum Gasteiger partial charge on any atom is 0.352 e. The van der Waals surface area contributed by atoms with E-state index in [2.05, 4.69) is 15.0 Å². The molecule has 0 aliphatic rings. The quantitative estimate of drug-likeness (QED) is 0.836. The largest absolute Gasteiger partial charge is 0.477 e. The van der Waals surface area contributed by atoms with Gasteiger partial charge in [0.15, 0.2) is 0 Å². The molecule has 0 saturated carbocycles. The summed E-state index contributed by atoms with van der Waals surface area (Å²) in [4.78, 5) is 33.2. The molecule has 21 heavy (non-hydrogen) atoms. The summed E-state index contributed by atoms with van der Waals surface area (Å²) in [6, 6.07) is 1.50. The second kappa shape index (κ2) is 6.34. The molecule has 0 fully saturated rings. The maximum absolute atomic E-state index is 10.7. The van der Waals surface area contributed by atoms with Crippen molar-refractivity contribution in [2.45, 2.75) is 33.2 Å². The van der Waals surface area contributed by atoms with E-state index in [-0.39, 0.29) is 17.1 Å². The summed E-state index contributed by atoms with van der Waals surface area (Å²) in [6.07, 6.45) is 2.93. The molecule has 1 amide bonds. The van der Waals surface area contributed by atoms with Crippen LogP contribution in [0.3, 0.4) is 0 Å². The van der Waals surface area contributed by atoms with E-state index in [0.717, 1.165) is 0 Å². The SMILES string of the molecule is CC(=O)N(C)C(C)(C)C.O=C(O)c1cc2cncnc2[nH]1. The van der Waals surface area contributed by atoms with E-state index in [1.807, 2.05) is 27.8 Å². The van der Waals surface area contributed by atoms with E-state index in [4.69, 9.17) is 5.11 Å². The molecule has 2 N–H and O–H groups in total. The lowest BCUT2D eigenvalue weighted by Gasteiger charge is -2.30. The molecular formula is C14H20N4O3. The Balaban J connectivity index is 0.000000222. The van der Waals surface area contributed by atoms with Gasteiger partial charge in [0.1, 0.15) is 17.7 Å². The Morgan fingerprint density at radius 1 is 1.33 bits per heavy atom. The van der Waals surface area contributed by atoms with Gasteiger partial charge in [-0.2, -0.15) is 0 Å². The number of nitrogens with one attached hydrogen (secondary N) is 1. The zero-order chi connectivity index (χ0) is 16.2. The number of carbonyl (C=O) groups excluding carboxylic acids is 1. The fraction of sp³-hybridized carbons (Fsp3) is 0.429. The summed E-state index contributed by atoms with van der Waals surface area (Å²) in [5.74, 6) is -0.879. The van der Waals surface area contributed by atoms with Gasteiger partial charge >= 0.3 is 5.97 Å². The molecule has 0 radical (unpaired) electrons. The van der Waals surface area contributed by atoms with Gasteiger partial charge in [-0.05, 0) is 26.8 Å². The summed E-state index contributed by atoms with van der Waals surface area (Å²) < 4.78 is 0. The highest BCUT2D eigenvalue weighted by Gasteiger charge is 2.18.